The van der Waals surface area contributed by atoms with Crippen molar-refractivity contribution in [1.82, 2.24) is 0 Å². The van der Waals surface area contributed by atoms with Crippen molar-refractivity contribution in [3.8, 4) is 0 Å². The van der Waals surface area contributed by atoms with Crippen LogP contribution in [0.3, 0.4) is 0 Å². The van der Waals surface area contributed by atoms with E-state index in [1.807, 2.05) is 38.1 Å². The Morgan fingerprint density at radius 2 is 2.00 bits per heavy atom. The van der Waals surface area contributed by atoms with Gasteiger partial charge >= 0.3 is 5.97 Å². The maximum absolute atomic E-state index is 11.3. The van der Waals surface area contributed by atoms with Crippen LogP contribution < -0.4 is 0 Å². The Hall–Kier alpha value is -0.830. The summed E-state index contributed by atoms with van der Waals surface area (Å²) in [5, 5.41) is 0. The molecule has 1 aromatic rings. The van der Waals surface area contributed by atoms with Gasteiger partial charge < -0.3 is 4.74 Å². The number of aryl methyl sites for hydroxylation is 1. The van der Waals surface area contributed by atoms with E-state index in [2.05, 4.69) is 15.9 Å². The molecule has 1 aromatic carbocycles. The number of halogens is 1. The van der Waals surface area contributed by atoms with E-state index < -0.39 is 0 Å². The minimum absolute atomic E-state index is 0.196. The maximum atomic E-state index is 11.3. The molecule has 0 saturated heterocycles. The number of rotatable bonds is 4. The highest BCUT2D eigenvalue weighted by Gasteiger charge is 2.15. The van der Waals surface area contributed by atoms with Gasteiger partial charge in [-0.25, -0.2) is 0 Å². The van der Waals surface area contributed by atoms with Crippen LogP contribution in [0.2, 0.25) is 0 Å². The monoisotopic (exact) mass is 270 g/mol. The zero-order valence-corrected chi connectivity index (χ0v) is 10.6. The van der Waals surface area contributed by atoms with E-state index in [1.165, 1.54) is 5.56 Å². The first-order valence-corrected chi connectivity index (χ1v) is 5.91. The molecule has 0 aromatic heterocycles. The van der Waals surface area contributed by atoms with Crippen molar-refractivity contribution in [1.29, 1.82) is 0 Å². The summed E-state index contributed by atoms with van der Waals surface area (Å²) in [5.41, 5.74) is 2.36. The van der Waals surface area contributed by atoms with Crippen molar-refractivity contribution >= 4 is 21.9 Å². The van der Waals surface area contributed by atoms with Crippen LogP contribution in [0.25, 0.3) is 0 Å². The molecule has 1 unspecified atom stereocenters. The predicted octanol–water partition coefficient (Wildman–Crippen LogP) is 2.86. The Balaban J connectivity index is 2.54. The fraction of sp³-hybridized carbons (Fsp3) is 0.417. The van der Waals surface area contributed by atoms with Crippen LogP contribution in [-0.2, 0) is 16.0 Å². The molecule has 0 aliphatic heterocycles. The molecule has 0 amide bonds. The number of hydrogen-bond acceptors (Lipinski definition) is 2. The standard InChI is InChI=1S/C12H15BrO2/c1-3-15-12(14)11(13)8-10-6-4-9(2)5-7-10/h4-7,11H,3,8H2,1-2H3. The van der Waals surface area contributed by atoms with E-state index in [0.29, 0.717) is 13.0 Å². The van der Waals surface area contributed by atoms with Gasteiger partial charge in [-0.1, -0.05) is 45.8 Å². The fourth-order valence-electron chi connectivity index (χ4n) is 1.25. The minimum atomic E-state index is -0.250. The summed E-state index contributed by atoms with van der Waals surface area (Å²) in [6.45, 7) is 4.28. The number of alkyl halides is 1. The summed E-state index contributed by atoms with van der Waals surface area (Å²) in [4.78, 5) is 11.1. The lowest BCUT2D eigenvalue weighted by molar-refractivity contribution is -0.142. The number of ether oxygens (including phenoxy) is 1. The van der Waals surface area contributed by atoms with Gasteiger partial charge in [-0.15, -0.1) is 0 Å². The van der Waals surface area contributed by atoms with Crippen molar-refractivity contribution in [3.63, 3.8) is 0 Å². The first-order valence-electron chi connectivity index (χ1n) is 4.99. The van der Waals surface area contributed by atoms with Crippen LogP contribution in [-0.4, -0.2) is 17.4 Å². The average molecular weight is 271 g/mol. The molecule has 1 rings (SSSR count). The third-order valence-corrected chi connectivity index (χ3v) is 2.78. The largest absolute Gasteiger partial charge is 0.465 e. The topological polar surface area (TPSA) is 26.3 Å². The van der Waals surface area contributed by atoms with E-state index in [1.54, 1.807) is 0 Å². The van der Waals surface area contributed by atoms with E-state index in [-0.39, 0.29) is 10.8 Å². The molecule has 0 radical (unpaired) electrons. The van der Waals surface area contributed by atoms with Crippen LogP contribution in [0.15, 0.2) is 24.3 Å². The Morgan fingerprint density at radius 3 is 2.53 bits per heavy atom. The van der Waals surface area contributed by atoms with Gasteiger partial charge in [0.05, 0.1) is 6.61 Å². The molecule has 0 N–H and O–H groups in total. The van der Waals surface area contributed by atoms with E-state index >= 15 is 0 Å². The molecular weight excluding hydrogens is 256 g/mol. The number of esters is 1. The molecule has 0 aliphatic rings. The Bertz CT molecular complexity index is 319. The van der Waals surface area contributed by atoms with Gasteiger partial charge in [0.15, 0.2) is 0 Å². The predicted molar refractivity (Wildman–Crippen MR) is 64.2 cm³/mol. The fourth-order valence-corrected chi connectivity index (χ4v) is 1.75. The lowest BCUT2D eigenvalue weighted by atomic mass is 10.1. The molecular formula is C12H15BrO2. The van der Waals surface area contributed by atoms with Crippen molar-refractivity contribution < 1.29 is 9.53 Å². The minimum Gasteiger partial charge on any atom is -0.465 e. The Kier molecular flexibility index (Phi) is 4.82. The second-order valence-electron chi connectivity index (χ2n) is 3.41. The third-order valence-electron chi connectivity index (χ3n) is 2.08. The van der Waals surface area contributed by atoms with Crippen LogP contribution in [0, 0.1) is 6.92 Å². The number of carbonyl (C=O) groups excluding carboxylic acids is 1. The Labute approximate surface area is 98.8 Å². The molecule has 0 heterocycles. The van der Waals surface area contributed by atoms with Gasteiger partial charge in [-0.3, -0.25) is 4.79 Å². The zero-order valence-electron chi connectivity index (χ0n) is 9.00. The second kappa shape index (κ2) is 5.91. The van der Waals surface area contributed by atoms with Crippen LogP contribution in [0.1, 0.15) is 18.1 Å². The molecule has 2 nitrogen and oxygen atoms in total. The summed E-state index contributed by atoms with van der Waals surface area (Å²) >= 11 is 3.32. The first kappa shape index (κ1) is 12.2. The number of hydrogen-bond donors (Lipinski definition) is 0. The molecule has 1 atom stereocenters. The van der Waals surface area contributed by atoms with Crippen molar-refractivity contribution in [3.05, 3.63) is 35.4 Å². The molecule has 82 valence electrons. The Morgan fingerprint density at radius 1 is 1.40 bits per heavy atom. The number of benzene rings is 1. The first-order chi connectivity index (χ1) is 7.13. The summed E-state index contributed by atoms with van der Waals surface area (Å²) < 4.78 is 4.91. The molecule has 3 heteroatoms. The van der Waals surface area contributed by atoms with Gasteiger partial charge in [-0.05, 0) is 25.8 Å². The quantitative estimate of drug-likeness (QED) is 0.621. The van der Waals surface area contributed by atoms with Crippen LogP contribution >= 0.6 is 15.9 Å². The highest BCUT2D eigenvalue weighted by atomic mass is 79.9. The summed E-state index contributed by atoms with van der Waals surface area (Å²) in [7, 11) is 0. The highest BCUT2D eigenvalue weighted by Crippen LogP contribution is 2.12. The van der Waals surface area contributed by atoms with Crippen LogP contribution in [0.4, 0.5) is 0 Å². The summed E-state index contributed by atoms with van der Waals surface area (Å²) in [5.74, 6) is -0.196. The zero-order chi connectivity index (χ0) is 11.3. The highest BCUT2D eigenvalue weighted by molar-refractivity contribution is 9.10. The summed E-state index contributed by atoms with van der Waals surface area (Å²) in [6.07, 6.45) is 0.666. The van der Waals surface area contributed by atoms with Crippen molar-refractivity contribution in [2.45, 2.75) is 25.1 Å². The molecule has 15 heavy (non-hydrogen) atoms. The molecule has 0 bridgehead atoms. The maximum Gasteiger partial charge on any atom is 0.320 e. The van der Waals surface area contributed by atoms with Gasteiger partial charge in [0.2, 0.25) is 0 Å². The van der Waals surface area contributed by atoms with E-state index in [0.717, 1.165) is 5.56 Å². The average Bonchev–Trinajstić information content (AvgIpc) is 2.22. The molecule has 0 saturated carbocycles. The van der Waals surface area contributed by atoms with Crippen LogP contribution in [0.5, 0.6) is 0 Å². The van der Waals surface area contributed by atoms with Crippen molar-refractivity contribution in [2.75, 3.05) is 6.61 Å². The van der Waals surface area contributed by atoms with Gasteiger partial charge in [0.1, 0.15) is 4.83 Å². The molecule has 0 aliphatic carbocycles. The van der Waals surface area contributed by atoms with E-state index in [4.69, 9.17) is 4.74 Å². The number of carbonyl (C=O) groups is 1. The lowest BCUT2D eigenvalue weighted by Crippen LogP contribution is -2.19. The smallest absolute Gasteiger partial charge is 0.320 e. The third kappa shape index (κ3) is 4.04. The SMILES string of the molecule is CCOC(=O)C(Br)Cc1ccc(C)cc1. The van der Waals surface area contributed by atoms with Gasteiger partial charge in [0.25, 0.3) is 0 Å². The second-order valence-corrected chi connectivity index (χ2v) is 4.51. The molecule has 0 spiro atoms. The summed E-state index contributed by atoms with van der Waals surface area (Å²) in [6, 6.07) is 8.14. The van der Waals surface area contributed by atoms with E-state index in [9.17, 15) is 4.79 Å². The van der Waals surface area contributed by atoms with Crippen molar-refractivity contribution in [2.24, 2.45) is 0 Å². The van der Waals surface area contributed by atoms with Gasteiger partial charge in [-0.2, -0.15) is 0 Å². The lowest BCUT2D eigenvalue weighted by Gasteiger charge is -2.08. The normalized spacial score (nSPS) is 12.2. The molecule has 0 fully saturated rings. The van der Waals surface area contributed by atoms with Gasteiger partial charge in [0, 0.05) is 0 Å².